The molecule has 0 heterocycles. The van der Waals surface area contributed by atoms with Crippen molar-refractivity contribution in [3.05, 3.63) is 35.9 Å². The van der Waals surface area contributed by atoms with Gasteiger partial charge >= 0.3 is 11.9 Å². The van der Waals surface area contributed by atoms with Gasteiger partial charge in [0.15, 0.2) is 0 Å². The fraction of sp³-hybridized carbons (Fsp3) is 0.467. The van der Waals surface area contributed by atoms with Gasteiger partial charge in [0.1, 0.15) is 12.7 Å². The number of carboxylic acid groups (broad SMARTS) is 1. The minimum atomic E-state index is -1.45. The zero-order chi connectivity index (χ0) is 16.5. The van der Waals surface area contributed by atoms with E-state index in [1.807, 2.05) is 0 Å². The van der Waals surface area contributed by atoms with Crippen molar-refractivity contribution in [1.82, 2.24) is 0 Å². The van der Waals surface area contributed by atoms with Gasteiger partial charge in [-0.2, -0.15) is 0 Å². The third kappa shape index (κ3) is 5.80. The van der Waals surface area contributed by atoms with Gasteiger partial charge in [-0.1, -0.05) is 18.2 Å². The molecule has 22 heavy (non-hydrogen) atoms. The molecule has 0 aliphatic carbocycles. The lowest BCUT2D eigenvalue weighted by molar-refractivity contribution is -0.148. The average molecular weight is 312 g/mol. The van der Waals surface area contributed by atoms with Gasteiger partial charge < -0.3 is 25.2 Å². The van der Waals surface area contributed by atoms with Crippen LogP contribution in [0.5, 0.6) is 0 Å². The number of rotatable bonds is 9. The lowest BCUT2D eigenvalue weighted by Gasteiger charge is -2.21. The van der Waals surface area contributed by atoms with Gasteiger partial charge in [-0.05, 0) is 25.0 Å². The number of benzene rings is 1. The van der Waals surface area contributed by atoms with Crippen LogP contribution in [0.1, 0.15) is 23.2 Å². The summed E-state index contributed by atoms with van der Waals surface area (Å²) in [6, 6.07) is 8.11. The second kappa shape index (κ2) is 9.14. The molecule has 4 N–H and O–H groups in total. The zero-order valence-electron chi connectivity index (χ0n) is 12.0. The quantitative estimate of drug-likeness (QED) is 0.474. The standard InChI is InChI=1S/C15H20O7/c16-7-6-11(17)8-12(14(19)20)13(18)9-22-15(21)10-4-2-1-3-5-10/h1-5,11-13,16-18H,6-9H2,(H,19,20). The molecule has 0 aliphatic heterocycles. The van der Waals surface area contributed by atoms with Gasteiger partial charge in [-0.3, -0.25) is 4.79 Å². The Morgan fingerprint density at radius 1 is 1.14 bits per heavy atom. The molecule has 0 aromatic heterocycles. The summed E-state index contributed by atoms with van der Waals surface area (Å²) in [6.07, 6.45) is -2.72. The number of ether oxygens (including phenoxy) is 1. The van der Waals surface area contributed by atoms with Gasteiger partial charge in [-0.15, -0.1) is 0 Å². The van der Waals surface area contributed by atoms with Crippen molar-refractivity contribution in [3.63, 3.8) is 0 Å². The van der Waals surface area contributed by atoms with Gasteiger partial charge in [0.05, 0.1) is 17.6 Å². The van der Waals surface area contributed by atoms with Crippen LogP contribution in [0.4, 0.5) is 0 Å². The second-order valence-electron chi connectivity index (χ2n) is 4.88. The van der Waals surface area contributed by atoms with Crippen molar-refractivity contribution in [2.24, 2.45) is 5.92 Å². The zero-order valence-corrected chi connectivity index (χ0v) is 12.0. The van der Waals surface area contributed by atoms with E-state index in [1.54, 1.807) is 18.2 Å². The molecule has 3 unspecified atom stereocenters. The topological polar surface area (TPSA) is 124 Å². The van der Waals surface area contributed by atoms with Crippen LogP contribution in [0, 0.1) is 5.92 Å². The molecule has 0 spiro atoms. The van der Waals surface area contributed by atoms with Crippen LogP contribution in [0.15, 0.2) is 30.3 Å². The predicted octanol–water partition coefficient (Wildman–Crippen LogP) is 0.0385. The lowest BCUT2D eigenvalue weighted by atomic mass is 9.94. The Morgan fingerprint density at radius 3 is 2.32 bits per heavy atom. The molecule has 3 atom stereocenters. The minimum absolute atomic E-state index is 0.0142. The Labute approximate surface area is 127 Å². The van der Waals surface area contributed by atoms with E-state index in [4.69, 9.17) is 14.9 Å². The van der Waals surface area contributed by atoms with E-state index in [9.17, 15) is 19.8 Å². The molecule has 1 aromatic carbocycles. The molecule has 0 bridgehead atoms. The molecule has 0 radical (unpaired) electrons. The first-order chi connectivity index (χ1) is 10.5. The van der Waals surface area contributed by atoms with E-state index in [1.165, 1.54) is 12.1 Å². The SMILES string of the molecule is O=C(OCC(O)C(CC(O)CCO)C(=O)O)c1ccccc1. The molecule has 0 fully saturated rings. The van der Waals surface area contributed by atoms with E-state index < -0.39 is 36.7 Å². The number of carbonyl (C=O) groups excluding carboxylic acids is 1. The first-order valence-corrected chi connectivity index (χ1v) is 6.87. The molecule has 0 saturated heterocycles. The molecule has 0 amide bonds. The maximum Gasteiger partial charge on any atom is 0.338 e. The first-order valence-electron chi connectivity index (χ1n) is 6.87. The summed E-state index contributed by atoms with van der Waals surface area (Å²) in [5.74, 6) is -3.26. The number of esters is 1. The summed E-state index contributed by atoms with van der Waals surface area (Å²) in [7, 11) is 0. The number of hydrogen-bond acceptors (Lipinski definition) is 6. The van der Waals surface area contributed by atoms with Crippen LogP contribution in [-0.4, -0.2) is 57.8 Å². The van der Waals surface area contributed by atoms with Crippen molar-refractivity contribution in [3.8, 4) is 0 Å². The maximum absolute atomic E-state index is 11.7. The van der Waals surface area contributed by atoms with Crippen LogP contribution in [-0.2, 0) is 9.53 Å². The van der Waals surface area contributed by atoms with Crippen LogP contribution >= 0.6 is 0 Å². The number of carboxylic acids is 1. The average Bonchev–Trinajstić information content (AvgIpc) is 2.50. The number of carbonyl (C=O) groups is 2. The molecule has 0 aliphatic rings. The van der Waals surface area contributed by atoms with E-state index in [2.05, 4.69) is 0 Å². The summed E-state index contributed by atoms with van der Waals surface area (Å²) in [4.78, 5) is 22.8. The molecule has 0 saturated carbocycles. The van der Waals surface area contributed by atoms with Crippen LogP contribution in [0.25, 0.3) is 0 Å². The Bertz CT molecular complexity index is 474. The number of hydrogen-bond donors (Lipinski definition) is 4. The van der Waals surface area contributed by atoms with Gasteiger partial charge in [0.2, 0.25) is 0 Å². The summed E-state index contributed by atoms with van der Waals surface area (Å²) in [5, 5.41) is 37.1. The van der Waals surface area contributed by atoms with Crippen molar-refractivity contribution >= 4 is 11.9 Å². The Kier molecular flexibility index (Phi) is 7.51. The van der Waals surface area contributed by atoms with E-state index in [-0.39, 0.29) is 19.4 Å². The molecule has 1 aromatic rings. The van der Waals surface area contributed by atoms with Crippen LogP contribution in [0.2, 0.25) is 0 Å². The highest BCUT2D eigenvalue weighted by atomic mass is 16.5. The molecular weight excluding hydrogens is 292 g/mol. The van der Waals surface area contributed by atoms with Crippen molar-refractivity contribution in [1.29, 1.82) is 0 Å². The van der Waals surface area contributed by atoms with Crippen LogP contribution in [0.3, 0.4) is 0 Å². The number of aliphatic hydroxyl groups excluding tert-OH is 3. The van der Waals surface area contributed by atoms with Gasteiger partial charge in [-0.25, -0.2) is 4.79 Å². The molecule has 1 rings (SSSR count). The third-order valence-electron chi connectivity index (χ3n) is 3.16. The summed E-state index contributed by atoms with van der Waals surface area (Å²) in [5.41, 5.74) is 0.293. The molecular formula is C15H20O7. The third-order valence-corrected chi connectivity index (χ3v) is 3.16. The predicted molar refractivity (Wildman–Crippen MR) is 76.2 cm³/mol. The van der Waals surface area contributed by atoms with Crippen LogP contribution < -0.4 is 0 Å². The van der Waals surface area contributed by atoms with Crippen molar-refractivity contribution < 1.29 is 34.8 Å². The smallest absolute Gasteiger partial charge is 0.338 e. The minimum Gasteiger partial charge on any atom is -0.481 e. The van der Waals surface area contributed by atoms with Crippen molar-refractivity contribution in [2.45, 2.75) is 25.0 Å². The maximum atomic E-state index is 11.7. The van der Waals surface area contributed by atoms with E-state index in [0.29, 0.717) is 5.56 Å². The second-order valence-corrected chi connectivity index (χ2v) is 4.88. The fourth-order valence-electron chi connectivity index (χ4n) is 1.92. The molecule has 7 heteroatoms. The fourth-order valence-corrected chi connectivity index (χ4v) is 1.92. The van der Waals surface area contributed by atoms with E-state index >= 15 is 0 Å². The number of aliphatic carboxylic acids is 1. The number of aliphatic hydroxyl groups is 3. The highest BCUT2D eigenvalue weighted by Crippen LogP contribution is 2.15. The molecule has 7 nitrogen and oxygen atoms in total. The van der Waals surface area contributed by atoms with E-state index in [0.717, 1.165) is 0 Å². The Balaban J connectivity index is 2.54. The van der Waals surface area contributed by atoms with Gasteiger partial charge in [0, 0.05) is 6.61 Å². The Morgan fingerprint density at radius 2 is 1.77 bits per heavy atom. The Hall–Kier alpha value is -1.96. The monoisotopic (exact) mass is 312 g/mol. The van der Waals surface area contributed by atoms with Gasteiger partial charge in [0.25, 0.3) is 0 Å². The van der Waals surface area contributed by atoms with Crippen molar-refractivity contribution in [2.75, 3.05) is 13.2 Å². The summed E-state index contributed by atoms with van der Waals surface area (Å²) < 4.78 is 4.88. The first kappa shape index (κ1) is 18.1. The largest absolute Gasteiger partial charge is 0.481 e. The highest BCUT2D eigenvalue weighted by molar-refractivity contribution is 5.89. The normalized spacial score (nSPS) is 14.9. The summed E-state index contributed by atoms with van der Waals surface area (Å²) >= 11 is 0. The molecule has 122 valence electrons. The summed E-state index contributed by atoms with van der Waals surface area (Å²) in [6.45, 7) is -0.775. The lowest BCUT2D eigenvalue weighted by Crippen LogP contribution is -2.35. The highest BCUT2D eigenvalue weighted by Gasteiger charge is 2.30.